The highest BCUT2D eigenvalue weighted by molar-refractivity contribution is 5.86. The van der Waals surface area contributed by atoms with Gasteiger partial charge in [-0.15, -0.1) is 10.3 Å². The first kappa shape index (κ1) is 20.5. The number of hydrogen-bond donors (Lipinski definition) is 1. The summed E-state index contributed by atoms with van der Waals surface area (Å²) in [7, 11) is 0. The number of hydroxylamine groups is 1. The highest BCUT2D eigenvalue weighted by Gasteiger charge is 2.51. The summed E-state index contributed by atoms with van der Waals surface area (Å²) in [5.41, 5.74) is 6.91. The van der Waals surface area contributed by atoms with Gasteiger partial charge in [0, 0.05) is 5.92 Å². The fraction of sp³-hybridized carbons (Fsp3) is 0.222. The molecule has 0 radical (unpaired) electrons. The summed E-state index contributed by atoms with van der Waals surface area (Å²) in [6, 6.07) is 31.6. The standard InChI is InChI=1S/C27H28N4O/c1-21(2)20-32-30-26(22-18-19-22)28-29-31(30)27(23-12-6-3-7-13-23,24-14-8-4-9-15-24)25-16-10-5-11-17-25/h3-17,22,29H,1,18-20H2,2H3. The van der Waals surface area contributed by atoms with Crippen LogP contribution in [0.1, 0.15) is 36.5 Å². The SMILES string of the molecule is C=C(C)CON1C(C2CC2)=NNN1C(c1ccccc1)(c1ccccc1)c1ccccc1. The molecule has 0 spiro atoms. The molecule has 0 saturated heterocycles. The molecule has 162 valence electrons. The lowest BCUT2D eigenvalue weighted by atomic mass is 9.77. The molecule has 1 aliphatic heterocycles. The van der Waals surface area contributed by atoms with Crippen LogP contribution in [-0.2, 0) is 10.4 Å². The van der Waals surface area contributed by atoms with Gasteiger partial charge in [0.25, 0.3) is 0 Å². The van der Waals surface area contributed by atoms with Crippen molar-refractivity contribution in [2.24, 2.45) is 11.0 Å². The van der Waals surface area contributed by atoms with E-state index in [1.807, 2.05) is 35.4 Å². The average molecular weight is 425 g/mol. The van der Waals surface area contributed by atoms with Gasteiger partial charge in [0.15, 0.2) is 5.84 Å². The van der Waals surface area contributed by atoms with Crippen LogP contribution in [0.2, 0.25) is 0 Å². The zero-order valence-electron chi connectivity index (χ0n) is 18.3. The Morgan fingerprint density at radius 3 is 1.78 bits per heavy atom. The van der Waals surface area contributed by atoms with E-state index in [2.05, 4.69) is 84.9 Å². The van der Waals surface area contributed by atoms with Gasteiger partial charge in [-0.2, -0.15) is 0 Å². The van der Waals surface area contributed by atoms with E-state index >= 15 is 0 Å². The lowest BCUT2D eigenvalue weighted by molar-refractivity contribution is -0.261. The minimum atomic E-state index is -0.709. The van der Waals surface area contributed by atoms with Crippen LogP contribution < -0.4 is 5.53 Å². The molecule has 3 aromatic carbocycles. The quantitative estimate of drug-likeness (QED) is 0.396. The molecular weight excluding hydrogens is 396 g/mol. The maximum atomic E-state index is 6.33. The largest absolute Gasteiger partial charge is 0.251 e. The smallest absolute Gasteiger partial charge is 0.174 e. The van der Waals surface area contributed by atoms with E-state index in [1.165, 1.54) is 0 Å². The molecule has 5 heteroatoms. The van der Waals surface area contributed by atoms with Crippen LogP contribution in [-0.4, -0.2) is 22.7 Å². The summed E-state index contributed by atoms with van der Waals surface area (Å²) >= 11 is 0. The third-order valence-corrected chi connectivity index (χ3v) is 5.91. The van der Waals surface area contributed by atoms with Crippen molar-refractivity contribution in [2.75, 3.05) is 6.61 Å². The molecule has 1 fully saturated rings. The minimum absolute atomic E-state index is 0.401. The molecule has 0 aromatic heterocycles. The monoisotopic (exact) mass is 424 g/mol. The molecule has 0 unspecified atom stereocenters. The molecule has 5 rings (SSSR count). The number of amidine groups is 1. The van der Waals surface area contributed by atoms with Crippen molar-refractivity contribution < 1.29 is 4.84 Å². The van der Waals surface area contributed by atoms with E-state index < -0.39 is 5.54 Å². The average Bonchev–Trinajstić information content (AvgIpc) is 3.60. The molecule has 1 saturated carbocycles. The highest BCUT2D eigenvalue weighted by atomic mass is 16.7. The van der Waals surface area contributed by atoms with Gasteiger partial charge in [-0.1, -0.05) is 108 Å². The first-order valence-corrected chi connectivity index (χ1v) is 11.1. The van der Waals surface area contributed by atoms with Crippen LogP contribution in [0.15, 0.2) is 108 Å². The summed E-state index contributed by atoms with van der Waals surface area (Å²) in [4.78, 5) is 6.33. The lowest BCUT2D eigenvalue weighted by Gasteiger charge is -2.45. The number of nitrogens with zero attached hydrogens (tertiary/aromatic N) is 3. The summed E-state index contributed by atoms with van der Waals surface area (Å²) in [6.07, 6.45) is 2.24. The van der Waals surface area contributed by atoms with Crippen molar-refractivity contribution in [2.45, 2.75) is 25.3 Å². The van der Waals surface area contributed by atoms with Gasteiger partial charge in [0.05, 0.1) is 6.61 Å². The molecule has 2 aliphatic rings. The fourth-order valence-electron chi connectivity index (χ4n) is 4.28. The molecular formula is C27H28N4O. The minimum Gasteiger partial charge on any atom is -0.251 e. The fourth-order valence-corrected chi connectivity index (χ4v) is 4.28. The maximum Gasteiger partial charge on any atom is 0.174 e. The zero-order valence-corrected chi connectivity index (χ0v) is 18.3. The van der Waals surface area contributed by atoms with E-state index in [0.29, 0.717) is 12.5 Å². The lowest BCUT2D eigenvalue weighted by Crippen LogP contribution is -2.59. The molecule has 1 N–H and O–H groups in total. The predicted molar refractivity (Wildman–Crippen MR) is 127 cm³/mol. The summed E-state index contributed by atoms with van der Waals surface area (Å²) in [5.74, 6) is 1.32. The van der Waals surface area contributed by atoms with Crippen LogP contribution in [0.3, 0.4) is 0 Å². The normalized spacial score (nSPS) is 16.5. The molecule has 1 heterocycles. The molecule has 5 nitrogen and oxygen atoms in total. The van der Waals surface area contributed by atoms with Crippen LogP contribution in [0, 0.1) is 5.92 Å². The van der Waals surface area contributed by atoms with Crippen molar-refractivity contribution >= 4 is 5.84 Å². The molecule has 0 amide bonds. The maximum absolute atomic E-state index is 6.33. The van der Waals surface area contributed by atoms with Crippen LogP contribution in [0.5, 0.6) is 0 Å². The molecule has 0 bridgehead atoms. The highest BCUT2D eigenvalue weighted by Crippen LogP contribution is 2.45. The molecule has 1 aliphatic carbocycles. The Balaban J connectivity index is 1.73. The van der Waals surface area contributed by atoms with Gasteiger partial charge in [0.2, 0.25) is 0 Å². The van der Waals surface area contributed by atoms with Crippen molar-refractivity contribution in [3.05, 3.63) is 120 Å². The second kappa shape index (κ2) is 8.61. The Labute approximate surface area is 189 Å². The topological polar surface area (TPSA) is 40.1 Å². The molecule has 0 atom stereocenters. The van der Waals surface area contributed by atoms with E-state index in [-0.39, 0.29) is 0 Å². The number of hydrogen-bond acceptors (Lipinski definition) is 5. The van der Waals surface area contributed by atoms with Crippen molar-refractivity contribution in [3.63, 3.8) is 0 Å². The Morgan fingerprint density at radius 2 is 1.38 bits per heavy atom. The Hall–Kier alpha value is -3.41. The second-order valence-corrected chi connectivity index (χ2v) is 8.47. The number of rotatable bonds is 8. The van der Waals surface area contributed by atoms with Crippen LogP contribution >= 0.6 is 0 Å². The Morgan fingerprint density at radius 1 is 0.906 bits per heavy atom. The Kier molecular flexibility index (Phi) is 5.52. The van der Waals surface area contributed by atoms with Crippen molar-refractivity contribution in [1.29, 1.82) is 0 Å². The van der Waals surface area contributed by atoms with Crippen molar-refractivity contribution in [3.8, 4) is 0 Å². The Bertz CT molecular complexity index is 998. The second-order valence-electron chi connectivity index (χ2n) is 8.47. The van der Waals surface area contributed by atoms with Gasteiger partial charge < -0.3 is 0 Å². The number of hydrazone groups is 1. The number of nitrogens with one attached hydrogen (secondary N) is 1. The van der Waals surface area contributed by atoms with Gasteiger partial charge in [-0.25, -0.2) is 5.53 Å². The number of hydrazine groups is 2. The van der Waals surface area contributed by atoms with Gasteiger partial charge in [0.1, 0.15) is 5.54 Å². The van der Waals surface area contributed by atoms with E-state index in [9.17, 15) is 0 Å². The van der Waals surface area contributed by atoms with Crippen molar-refractivity contribution in [1.82, 2.24) is 15.8 Å². The first-order chi connectivity index (χ1) is 15.7. The summed E-state index contributed by atoms with van der Waals surface area (Å²) in [6.45, 7) is 6.42. The van der Waals surface area contributed by atoms with Gasteiger partial charge in [-0.3, -0.25) is 4.84 Å². The van der Waals surface area contributed by atoms with E-state index in [4.69, 9.17) is 9.94 Å². The molecule has 3 aromatic rings. The predicted octanol–water partition coefficient (Wildman–Crippen LogP) is 5.25. The zero-order chi connectivity index (χ0) is 22.0. The first-order valence-electron chi connectivity index (χ1n) is 11.1. The van der Waals surface area contributed by atoms with Gasteiger partial charge in [-0.05, 0) is 36.5 Å². The summed E-state index contributed by atoms with van der Waals surface area (Å²) in [5, 5.41) is 8.64. The third-order valence-electron chi connectivity index (χ3n) is 5.91. The van der Waals surface area contributed by atoms with E-state index in [1.54, 1.807) is 0 Å². The number of benzene rings is 3. The molecule has 32 heavy (non-hydrogen) atoms. The van der Waals surface area contributed by atoms with E-state index in [0.717, 1.165) is 40.9 Å². The van der Waals surface area contributed by atoms with Crippen LogP contribution in [0.4, 0.5) is 0 Å². The third kappa shape index (κ3) is 3.60. The van der Waals surface area contributed by atoms with Gasteiger partial charge >= 0.3 is 0 Å². The summed E-state index contributed by atoms with van der Waals surface area (Å²) < 4.78 is 0. The van der Waals surface area contributed by atoms with Crippen LogP contribution in [0.25, 0.3) is 0 Å².